The van der Waals surface area contributed by atoms with Crippen LogP contribution in [-0.4, -0.2) is 38.0 Å². The molecule has 0 bridgehead atoms. The van der Waals surface area contributed by atoms with Crippen molar-refractivity contribution in [3.05, 3.63) is 90.2 Å². The summed E-state index contributed by atoms with van der Waals surface area (Å²) in [7, 11) is -3.09. The number of nitrogens with one attached hydrogen (secondary N) is 2. The highest BCUT2D eigenvalue weighted by molar-refractivity contribution is 7.90. The zero-order chi connectivity index (χ0) is 27.1. The van der Waals surface area contributed by atoms with E-state index in [0.29, 0.717) is 45.9 Å². The summed E-state index contributed by atoms with van der Waals surface area (Å²) in [5.41, 5.74) is 1.77. The zero-order valence-corrected chi connectivity index (χ0v) is 21.1. The number of anilines is 2. The Morgan fingerprint density at radius 2 is 1.66 bits per heavy atom. The number of fused-ring (bicyclic) bond motifs is 1. The van der Waals surface area contributed by atoms with Crippen molar-refractivity contribution in [1.29, 1.82) is 0 Å². The van der Waals surface area contributed by atoms with Crippen LogP contribution >= 0.6 is 0 Å². The number of sulfone groups is 1. The summed E-state index contributed by atoms with van der Waals surface area (Å²) >= 11 is 0. The molecule has 0 saturated carbocycles. The SMILES string of the molecule is [C-]#[N+]c1cc2c(Oc3ccc(NC(=O)Nc4ccc(F)cc4)cc3)ccnc2cc1OCCCS(C)(=O)=O. The van der Waals surface area contributed by atoms with Crippen molar-refractivity contribution in [3.63, 3.8) is 0 Å². The summed E-state index contributed by atoms with van der Waals surface area (Å²) in [5.74, 6) is 0.887. The highest BCUT2D eigenvalue weighted by atomic mass is 32.2. The van der Waals surface area contributed by atoms with Crippen LogP contribution < -0.4 is 20.1 Å². The Morgan fingerprint density at radius 3 is 2.29 bits per heavy atom. The summed E-state index contributed by atoms with van der Waals surface area (Å²) in [6.45, 7) is 7.67. The van der Waals surface area contributed by atoms with Gasteiger partial charge >= 0.3 is 6.03 Å². The molecule has 38 heavy (non-hydrogen) atoms. The van der Waals surface area contributed by atoms with Gasteiger partial charge in [0.1, 0.15) is 32.9 Å². The Kier molecular flexibility index (Phi) is 8.03. The fraction of sp³-hybridized carbons (Fsp3) is 0.148. The Balaban J connectivity index is 1.44. The predicted molar refractivity (Wildman–Crippen MR) is 143 cm³/mol. The number of hydrogen-bond acceptors (Lipinski definition) is 6. The maximum Gasteiger partial charge on any atom is 0.323 e. The molecule has 2 amide bonds. The number of hydrogen-bond donors (Lipinski definition) is 2. The molecule has 0 aliphatic rings. The standard InChI is InChI=1S/C27H23FN4O5S/c1-29-24-16-22-23(17-26(24)36-14-3-15-38(2,34)35)30-13-12-25(22)37-21-10-8-20(9-11-21)32-27(33)31-19-6-4-18(28)5-7-19/h4-13,16-17H,3,14-15H2,2H3,(H2,31,32,33). The monoisotopic (exact) mass is 534 g/mol. The first-order valence-electron chi connectivity index (χ1n) is 11.4. The van der Waals surface area contributed by atoms with E-state index in [0.717, 1.165) is 6.26 Å². The smallest absolute Gasteiger partial charge is 0.323 e. The third-order valence-corrected chi connectivity index (χ3v) is 6.29. The number of benzene rings is 3. The van der Waals surface area contributed by atoms with Crippen molar-refractivity contribution >= 4 is 43.8 Å². The molecule has 0 atom stereocenters. The summed E-state index contributed by atoms with van der Waals surface area (Å²) in [6.07, 6.45) is 3.04. The maximum atomic E-state index is 13.0. The molecule has 4 rings (SSSR count). The van der Waals surface area contributed by atoms with Crippen LogP contribution in [0.15, 0.2) is 72.9 Å². The van der Waals surface area contributed by atoms with Gasteiger partial charge in [0.25, 0.3) is 0 Å². The molecule has 3 aromatic carbocycles. The second-order valence-corrected chi connectivity index (χ2v) is 10.6. The minimum absolute atomic E-state index is 0.00258. The number of ether oxygens (including phenoxy) is 2. The largest absolute Gasteiger partial charge is 0.505 e. The van der Waals surface area contributed by atoms with Crippen LogP contribution in [0.1, 0.15) is 6.42 Å². The maximum absolute atomic E-state index is 13.0. The van der Waals surface area contributed by atoms with E-state index in [9.17, 15) is 17.6 Å². The van der Waals surface area contributed by atoms with E-state index in [2.05, 4.69) is 20.5 Å². The number of nitrogens with zero attached hydrogens (tertiary/aromatic N) is 2. The lowest BCUT2D eigenvalue weighted by atomic mass is 10.1. The molecule has 0 saturated heterocycles. The van der Waals surface area contributed by atoms with Crippen LogP contribution in [-0.2, 0) is 9.84 Å². The van der Waals surface area contributed by atoms with E-state index in [1.807, 2.05) is 0 Å². The molecule has 0 fully saturated rings. The molecular weight excluding hydrogens is 511 g/mol. The van der Waals surface area contributed by atoms with Gasteiger partial charge in [-0.05, 0) is 73.2 Å². The van der Waals surface area contributed by atoms with Gasteiger partial charge in [-0.15, -0.1) is 0 Å². The van der Waals surface area contributed by atoms with Crippen LogP contribution in [0.5, 0.6) is 17.2 Å². The van der Waals surface area contributed by atoms with Crippen LogP contribution in [0.25, 0.3) is 15.7 Å². The Hall–Kier alpha value is -4.69. The molecule has 1 aromatic heterocycles. The van der Waals surface area contributed by atoms with Gasteiger partial charge in [0.15, 0.2) is 0 Å². The number of halogens is 1. The lowest BCUT2D eigenvalue weighted by Gasteiger charge is -2.13. The minimum Gasteiger partial charge on any atom is -0.505 e. The molecule has 9 nitrogen and oxygen atoms in total. The van der Waals surface area contributed by atoms with Gasteiger partial charge in [-0.1, -0.05) is 0 Å². The Bertz CT molecular complexity index is 1600. The number of aromatic nitrogens is 1. The summed E-state index contributed by atoms with van der Waals surface area (Å²) in [4.78, 5) is 20.1. The summed E-state index contributed by atoms with van der Waals surface area (Å²) < 4.78 is 47.3. The van der Waals surface area contributed by atoms with Crippen molar-refractivity contribution in [2.45, 2.75) is 6.42 Å². The van der Waals surface area contributed by atoms with Crippen molar-refractivity contribution < 1.29 is 27.1 Å². The number of carbonyl (C=O) groups excluding carboxylic acids is 1. The van der Waals surface area contributed by atoms with Crippen LogP contribution in [0, 0.1) is 12.4 Å². The number of urea groups is 1. The Morgan fingerprint density at radius 1 is 1.00 bits per heavy atom. The molecule has 4 aromatic rings. The lowest BCUT2D eigenvalue weighted by Crippen LogP contribution is -2.19. The first kappa shape index (κ1) is 26.4. The third kappa shape index (κ3) is 7.18. The second-order valence-electron chi connectivity index (χ2n) is 8.30. The molecule has 0 radical (unpaired) electrons. The summed E-state index contributed by atoms with van der Waals surface area (Å²) in [6, 6.07) is 16.5. The quantitative estimate of drug-likeness (QED) is 0.196. The van der Waals surface area contributed by atoms with Gasteiger partial charge in [0.05, 0.1) is 24.4 Å². The molecule has 11 heteroatoms. The average Bonchev–Trinajstić information content (AvgIpc) is 2.88. The first-order valence-corrected chi connectivity index (χ1v) is 13.5. The zero-order valence-electron chi connectivity index (χ0n) is 20.3. The van der Waals surface area contributed by atoms with Crippen LogP contribution in [0.2, 0.25) is 0 Å². The first-order chi connectivity index (χ1) is 18.2. The number of amides is 2. The summed E-state index contributed by atoms with van der Waals surface area (Å²) in [5, 5.41) is 5.90. The van der Waals surface area contributed by atoms with Crippen LogP contribution in [0.4, 0.5) is 26.2 Å². The number of rotatable bonds is 9. The second kappa shape index (κ2) is 11.6. The number of pyridine rings is 1. The van der Waals surface area contributed by atoms with E-state index in [1.54, 1.807) is 48.7 Å². The highest BCUT2D eigenvalue weighted by Gasteiger charge is 2.13. The fourth-order valence-electron chi connectivity index (χ4n) is 3.49. The molecule has 0 aliphatic heterocycles. The topological polar surface area (TPSA) is 111 Å². The van der Waals surface area contributed by atoms with Crippen molar-refractivity contribution in [2.75, 3.05) is 29.2 Å². The minimum atomic E-state index is -3.09. The molecule has 0 aliphatic carbocycles. The van der Waals surface area contributed by atoms with Gasteiger partial charge in [-0.25, -0.2) is 22.4 Å². The lowest BCUT2D eigenvalue weighted by molar-refractivity contribution is 0.262. The van der Waals surface area contributed by atoms with Gasteiger partial charge < -0.3 is 20.1 Å². The van der Waals surface area contributed by atoms with Gasteiger partial charge in [-0.2, -0.15) is 0 Å². The van der Waals surface area contributed by atoms with Crippen LogP contribution in [0.3, 0.4) is 0 Å². The van der Waals surface area contributed by atoms with Crippen molar-refractivity contribution in [3.8, 4) is 17.2 Å². The van der Waals surface area contributed by atoms with Gasteiger partial charge in [-0.3, -0.25) is 4.98 Å². The van der Waals surface area contributed by atoms with E-state index in [-0.39, 0.29) is 18.0 Å². The highest BCUT2D eigenvalue weighted by Crippen LogP contribution is 2.37. The fourth-order valence-corrected chi connectivity index (χ4v) is 4.13. The number of carbonyl (C=O) groups is 1. The molecule has 194 valence electrons. The van der Waals surface area contributed by atoms with E-state index in [4.69, 9.17) is 16.0 Å². The predicted octanol–water partition coefficient (Wildman–Crippen LogP) is 6.17. The molecule has 1 heterocycles. The van der Waals surface area contributed by atoms with Crippen molar-refractivity contribution in [2.24, 2.45) is 0 Å². The average molecular weight is 535 g/mol. The Labute approximate surface area is 219 Å². The molecule has 2 N–H and O–H groups in total. The third-order valence-electron chi connectivity index (χ3n) is 5.26. The van der Waals surface area contributed by atoms with Gasteiger partial charge in [0.2, 0.25) is 5.69 Å². The van der Waals surface area contributed by atoms with E-state index >= 15 is 0 Å². The van der Waals surface area contributed by atoms with Gasteiger partial charge in [0, 0.05) is 29.2 Å². The molecule has 0 spiro atoms. The molecule has 0 unspecified atom stereocenters. The normalized spacial score (nSPS) is 11.0. The molecular formula is C27H23FN4O5S. The van der Waals surface area contributed by atoms with E-state index < -0.39 is 21.7 Å². The van der Waals surface area contributed by atoms with E-state index in [1.165, 1.54) is 24.3 Å². The van der Waals surface area contributed by atoms with Crippen molar-refractivity contribution in [1.82, 2.24) is 4.98 Å².